The number of hydrogen-bond acceptors (Lipinski definition) is 1. The maximum atomic E-state index is 5.74. The van der Waals surface area contributed by atoms with Crippen LogP contribution in [0.1, 0.15) is 46.0 Å². The Morgan fingerprint density at radius 3 is 2.71 bits per heavy atom. The van der Waals surface area contributed by atoms with Crippen LogP contribution in [0.2, 0.25) is 0 Å². The lowest BCUT2D eigenvalue weighted by Gasteiger charge is -2.29. The maximum absolute atomic E-state index is 5.74. The Morgan fingerprint density at radius 2 is 2.00 bits per heavy atom. The number of allylic oxidation sites excluding steroid dienone is 3. The van der Waals surface area contributed by atoms with Gasteiger partial charge in [0.25, 0.3) is 0 Å². The van der Waals surface area contributed by atoms with E-state index in [0.717, 1.165) is 6.54 Å². The lowest BCUT2D eigenvalue weighted by atomic mass is 9.78. The van der Waals surface area contributed by atoms with Crippen LogP contribution in [0.4, 0.5) is 0 Å². The van der Waals surface area contributed by atoms with Gasteiger partial charge in [-0.2, -0.15) is 0 Å². The smallest absolute Gasteiger partial charge is 0.000825 e. The minimum Gasteiger partial charge on any atom is -0.330 e. The van der Waals surface area contributed by atoms with Gasteiger partial charge in [0, 0.05) is 0 Å². The largest absolute Gasteiger partial charge is 0.330 e. The molecule has 0 heterocycles. The predicted octanol–water partition coefficient (Wildman–Crippen LogP) is 3.42. The van der Waals surface area contributed by atoms with Crippen molar-refractivity contribution in [3.63, 3.8) is 0 Å². The molecule has 2 rings (SSSR count). The molecule has 2 aliphatic rings. The number of nitrogens with two attached hydrogens (primary N) is 1. The van der Waals surface area contributed by atoms with Gasteiger partial charge in [-0.3, -0.25) is 0 Å². The first-order valence-corrected chi connectivity index (χ1v) is 6.01. The van der Waals surface area contributed by atoms with Crippen LogP contribution in [0, 0.1) is 5.92 Å². The molecule has 0 saturated heterocycles. The van der Waals surface area contributed by atoms with E-state index in [1.807, 2.05) is 13.8 Å². The highest BCUT2D eigenvalue weighted by molar-refractivity contribution is 5.37. The van der Waals surface area contributed by atoms with Gasteiger partial charge in [0.05, 0.1) is 0 Å². The van der Waals surface area contributed by atoms with Crippen molar-refractivity contribution in [1.29, 1.82) is 0 Å². The zero-order chi connectivity index (χ0) is 10.4. The van der Waals surface area contributed by atoms with Crippen molar-refractivity contribution in [3.05, 3.63) is 23.3 Å². The summed E-state index contributed by atoms with van der Waals surface area (Å²) in [4.78, 5) is 0. The molecule has 0 radical (unpaired) electrons. The minimum absolute atomic E-state index is 0.672. The highest BCUT2D eigenvalue weighted by Crippen LogP contribution is 2.36. The minimum atomic E-state index is 0.672. The Bertz CT molecular complexity index is 225. The zero-order valence-corrected chi connectivity index (χ0v) is 9.55. The van der Waals surface area contributed by atoms with Crippen LogP contribution >= 0.6 is 0 Å². The van der Waals surface area contributed by atoms with E-state index in [0.29, 0.717) is 5.92 Å². The van der Waals surface area contributed by atoms with Crippen molar-refractivity contribution in [2.75, 3.05) is 6.54 Å². The molecule has 1 nitrogen and oxygen atoms in total. The van der Waals surface area contributed by atoms with Crippen molar-refractivity contribution >= 4 is 0 Å². The second-order valence-corrected chi connectivity index (χ2v) is 3.79. The van der Waals surface area contributed by atoms with Crippen molar-refractivity contribution in [2.45, 2.75) is 46.0 Å². The quantitative estimate of drug-likeness (QED) is 0.678. The predicted molar refractivity (Wildman–Crippen MR) is 63.1 cm³/mol. The molecule has 0 amide bonds. The first kappa shape index (κ1) is 11.5. The summed E-state index contributed by atoms with van der Waals surface area (Å²) in [5.41, 5.74) is 8.92. The third-order valence-electron chi connectivity index (χ3n) is 3.02. The van der Waals surface area contributed by atoms with Gasteiger partial charge in [-0.25, -0.2) is 0 Å². The van der Waals surface area contributed by atoms with Crippen LogP contribution in [0.5, 0.6) is 0 Å². The maximum Gasteiger partial charge on any atom is -0.000825 e. The average Bonchev–Trinajstić information content (AvgIpc) is 2.31. The van der Waals surface area contributed by atoms with Gasteiger partial charge >= 0.3 is 0 Å². The molecule has 2 aliphatic carbocycles. The van der Waals surface area contributed by atoms with Crippen LogP contribution in [-0.4, -0.2) is 6.54 Å². The van der Waals surface area contributed by atoms with Crippen molar-refractivity contribution in [2.24, 2.45) is 11.7 Å². The summed E-state index contributed by atoms with van der Waals surface area (Å²) in [6.07, 6.45) is 11.2. The number of rotatable bonds is 1. The summed E-state index contributed by atoms with van der Waals surface area (Å²) in [6, 6.07) is 0. The molecule has 1 unspecified atom stereocenters. The third kappa shape index (κ3) is 2.48. The molecule has 80 valence electrons. The third-order valence-corrected chi connectivity index (χ3v) is 3.02. The fourth-order valence-corrected chi connectivity index (χ4v) is 2.36. The lowest BCUT2D eigenvalue weighted by Crippen LogP contribution is -2.22. The second-order valence-electron chi connectivity index (χ2n) is 3.79. The van der Waals surface area contributed by atoms with Gasteiger partial charge in [-0.05, 0) is 55.7 Å². The zero-order valence-electron chi connectivity index (χ0n) is 9.55. The Balaban J connectivity index is 0.000000461. The van der Waals surface area contributed by atoms with Crippen LogP contribution in [0.25, 0.3) is 0 Å². The van der Waals surface area contributed by atoms with E-state index in [2.05, 4.69) is 12.2 Å². The average molecular weight is 193 g/mol. The molecule has 0 spiro atoms. The highest BCUT2D eigenvalue weighted by Gasteiger charge is 2.22. The van der Waals surface area contributed by atoms with E-state index in [4.69, 9.17) is 5.73 Å². The first-order chi connectivity index (χ1) is 6.92. The molecule has 1 fully saturated rings. The summed E-state index contributed by atoms with van der Waals surface area (Å²) >= 11 is 0. The monoisotopic (exact) mass is 193 g/mol. The summed E-state index contributed by atoms with van der Waals surface area (Å²) in [5, 5.41) is 0. The molecule has 0 aliphatic heterocycles. The van der Waals surface area contributed by atoms with E-state index in [1.165, 1.54) is 32.1 Å². The fraction of sp³-hybridized carbons (Fsp3) is 0.692. The molecule has 0 aromatic carbocycles. The Kier molecular flexibility index (Phi) is 4.95. The van der Waals surface area contributed by atoms with Gasteiger partial charge in [-0.15, -0.1) is 0 Å². The second kappa shape index (κ2) is 6.02. The van der Waals surface area contributed by atoms with E-state index in [1.54, 1.807) is 11.1 Å². The van der Waals surface area contributed by atoms with Crippen molar-refractivity contribution < 1.29 is 0 Å². The first-order valence-electron chi connectivity index (χ1n) is 6.01. The van der Waals surface area contributed by atoms with Gasteiger partial charge in [0.1, 0.15) is 0 Å². The van der Waals surface area contributed by atoms with Crippen molar-refractivity contribution in [1.82, 2.24) is 0 Å². The normalized spacial score (nSPS) is 25.2. The Morgan fingerprint density at radius 1 is 1.29 bits per heavy atom. The molecule has 1 saturated carbocycles. The van der Waals surface area contributed by atoms with Crippen LogP contribution in [0.3, 0.4) is 0 Å². The van der Waals surface area contributed by atoms with Gasteiger partial charge in [0.2, 0.25) is 0 Å². The summed E-state index contributed by atoms with van der Waals surface area (Å²) in [6.45, 7) is 4.84. The lowest BCUT2D eigenvalue weighted by molar-refractivity contribution is 0.503. The molecule has 1 atom stereocenters. The van der Waals surface area contributed by atoms with Crippen molar-refractivity contribution in [3.8, 4) is 0 Å². The van der Waals surface area contributed by atoms with Crippen LogP contribution in [0.15, 0.2) is 23.3 Å². The SMILES string of the molecule is CC.NCC1CCCC2=CCCC=C21. The molecule has 0 aromatic heterocycles. The standard InChI is InChI=1S/C11H17N.C2H6/c12-8-10-6-3-5-9-4-1-2-7-11(9)10;1-2/h4,7,10H,1-3,5-6,8,12H2;1-2H3. The van der Waals surface area contributed by atoms with E-state index < -0.39 is 0 Å². The number of fused-ring (bicyclic) bond motifs is 1. The van der Waals surface area contributed by atoms with Crippen LogP contribution < -0.4 is 5.73 Å². The topological polar surface area (TPSA) is 26.0 Å². The molecular weight excluding hydrogens is 170 g/mol. The molecule has 14 heavy (non-hydrogen) atoms. The van der Waals surface area contributed by atoms with E-state index in [-0.39, 0.29) is 0 Å². The molecule has 2 N–H and O–H groups in total. The Hall–Kier alpha value is -0.560. The van der Waals surface area contributed by atoms with Gasteiger partial charge < -0.3 is 5.73 Å². The highest BCUT2D eigenvalue weighted by atomic mass is 14.6. The summed E-state index contributed by atoms with van der Waals surface area (Å²) < 4.78 is 0. The number of hydrogen-bond donors (Lipinski definition) is 1. The summed E-state index contributed by atoms with van der Waals surface area (Å²) in [5.74, 6) is 0.672. The van der Waals surface area contributed by atoms with Gasteiger partial charge in [-0.1, -0.05) is 26.0 Å². The fourth-order valence-electron chi connectivity index (χ4n) is 2.36. The molecular formula is C13H23N. The van der Waals surface area contributed by atoms with Gasteiger partial charge in [0.15, 0.2) is 0 Å². The molecule has 0 bridgehead atoms. The molecule has 1 heteroatoms. The molecule has 0 aromatic rings. The summed E-state index contributed by atoms with van der Waals surface area (Å²) in [7, 11) is 0. The van der Waals surface area contributed by atoms with E-state index >= 15 is 0 Å². The van der Waals surface area contributed by atoms with Crippen LogP contribution in [-0.2, 0) is 0 Å². The van der Waals surface area contributed by atoms with E-state index in [9.17, 15) is 0 Å². The Labute approximate surface area is 88.1 Å².